The lowest BCUT2D eigenvalue weighted by molar-refractivity contribution is 0.481. The number of halogens is 1. The van der Waals surface area contributed by atoms with Gasteiger partial charge in [-0.25, -0.2) is 0 Å². The van der Waals surface area contributed by atoms with E-state index in [2.05, 4.69) is 15.9 Å². The summed E-state index contributed by atoms with van der Waals surface area (Å²) >= 11 is 3.39. The van der Waals surface area contributed by atoms with Crippen LogP contribution in [0, 0.1) is 0 Å². The minimum atomic E-state index is -1.12. The first-order chi connectivity index (χ1) is 8.20. The average Bonchev–Trinajstić information content (AvgIpc) is 2.77. The first-order valence-electron chi connectivity index (χ1n) is 5.11. The Balaban J connectivity index is 2.14. The van der Waals surface area contributed by atoms with Crippen molar-refractivity contribution in [1.82, 2.24) is 0 Å². The summed E-state index contributed by atoms with van der Waals surface area (Å²) in [6.07, 6.45) is 0. The molecule has 0 radical (unpaired) electrons. The molecule has 0 fully saturated rings. The Morgan fingerprint density at radius 1 is 1.18 bits per heavy atom. The second-order valence-electron chi connectivity index (χ2n) is 3.49. The van der Waals surface area contributed by atoms with E-state index >= 15 is 0 Å². The van der Waals surface area contributed by atoms with Crippen LogP contribution < -0.4 is 5.73 Å². The second-order valence-corrected chi connectivity index (χ2v) is 5.77. The maximum atomic E-state index is 12.1. The zero-order valence-corrected chi connectivity index (χ0v) is 11.5. The van der Waals surface area contributed by atoms with Crippen molar-refractivity contribution in [2.75, 3.05) is 0 Å². The quantitative estimate of drug-likeness (QED) is 0.944. The first kappa shape index (κ1) is 12.5. The number of rotatable bonds is 4. The lowest BCUT2D eigenvalue weighted by Gasteiger charge is -2.02. The zero-order valence-electron chi connectivity index (χ0n) is 9.06. The van der Waals surface area contributed by atoms with Gasteiger partial charge in [0, 0.05) is 4.47 Å². The predicted octanol–water partition coefficient (Wildman–Crippen LogP) is 2.81. The molecule has 0 spiro atoms. The van der Waals surface area contributed by atoms with E-state index in [0.29, 0.717) is 23.8 Å². The summed E-state index contributed by atoms with van der Waals surface area (Å²) in [6, 6.07) is 11.1. The van der Waals surface area contributed by atoms with Gasteiger partial charge in [-0.05, 0) is 40.2 Å². The molecule has 5 heteroatoms. The van der Waals surface area contributed by atoms with E-state index in [9.17, 15) is 4.21 Å². The van der Waals surface area contributed by atoms with E-state index in [1.807, 2.05) is 36.4 Å². The van der Waals surface area contributed by atoms with E-state index in [-0.39, 0.29) is 0 Å². The number of hydrogen-bond donors (Lipinski definition) is 1. The highest BCUT2D eigenvalue weighted by Crippen LogP contribution is 2.22. The minimum absolute atomic E-state index is 0.363. The summed E-state index contributed by atoms with van der Waals surface area (Å²) in [4.78, 5) is 0.776. The Kier molecular flexibility index (Phi) is 4.15. The van der Waals surface area contributed by atoms with Crippen molar-refractivity contribution in [1.29, 1.82) is 0 Å². The Hall–Kier alpha value is -0.910. The maximum absolute atomic E-state index is 12.1. The molecule has 2 N–H and O–H groups in total. The van der Waals surface area contributed by atoms with Crippen molar-refractivity contribution in [3.63, 3.8) is 0 Å². The number of hydrogen-bond acceptors (Lipinski definition) is 3. The van der Waals surface area contributed by atoms with Crippen molar-refractivity contribution in [2.24, 2.45) is 5.73 Å². The lowest BCUT2D eigenvalue weighted by atomic mass is 10.4. The van der Waals surface area contributed by atoms with Crippen LogP contribution in [-0.4, -0.2) is 4.21 Å². The fourth-order valence-corrected chi connectivity index (χ4v) is 3.36. The molecule has 3 nitrogen and oxygen atoms in total. The van der Waals surface area contributed by atoms with Gasteiger partial charge in [-0.3, -0.25) is 4.21 Å². The molecule has 17 heavy (non-hydrogen) atoms. The van der Waals surface area contributed by atoms with Crippen LogP contribution in [-0.2, 0) is 23.1 Å². The Bertz CT molecular complexity index is 539. The predicted molar refractivity (Wildman–Crippen MR) is 70.9 cm³/mol. The smallest absolute Gasteiger partial charge is 0.117 e. The van der Waals surface area contributed by atoms with Gasteiger partial charge in [0.15, 0.2) is 0 Å². The van der Waals surface area contributed by atoms with Crippen LogP contribution in [0.1, 0.15) is 11.5 Å². The molecular formula is C12H12BrNO2S. The van der Waals surface area contributed by atoms with E-state index in [0.717, 1.165) is 9.37 Å². The summed E-state index contributed by atoms with van der Waals surface area (Å²) < 4.78 is 18.4. The molecule has 2 aromatic rings. The molecule has 1 aromatic carbocycles. The summed E-state index contributed by atoms with van der Waals surface area (Å²) in [7, 11) is -1.12. The molecule has 0 bridgehead atoms. The van der Waals surface area contributed by atoms with Crippen molar-refractivity contribution in [3.05, 3.63) is 52.4 Å². The van der Waals surface area contributed by atoms with Crippen LogP contribution >= 0.6 is 15.9 Å². The van der Waals surface area contributed by atoms with E-state index in [4.69, 9.17) is 10.2 Å². The fraction of sp³-hybridized carbons (Fsp3) is 0.167. The highest BCUT2D eigenvalue weighted by atomic mass is 79.9. The van der Waals surface area contributed by atoms with Gasteiger partial charge in [0.1, 0.15) is 11.5 Å². The molecule has 0 aliphatic heterocycles. The summed E-state index contributed by atoms with van der Waals surface area (Å²) in [6.45, 7) is 0.363. The van der Waals surface area contributed by atoms with Gasteiger partial charge in [-0.1, -0.05) is 12.1 Å². The number of furan rings is 1. The third-order valence-electron chi connectivity index (χ3n) is 2.27. The minimum Gasteiger partial charge on any atom is -0.464 e. The average molecular weight is 314 g/mol. The molecule has 2 rings (SSSR count). The monoisotopic (exact) mass is 313 g/mol. The molecule has 0 aliphatic carbocycles. The third kappa shape index (κ3) is 3.06. The maximum Gasteiger partial charge on any atom is 0.117 e. The normalized spacial score (nSPS) is 12.6. The van der Waals surface area contributed by atoms with Gasteiger partial charge < -0.3 is 10.2 Å². The van der Waals surface area contributed by atoms with Crippen molar-refractivity contribution < 1.29 is 8.63 Å². The van der Waals surface area contributed by atoms with Crippen LogP contribution in [0.3, 0.4) is 0 Å². The van der Waals surface area contributed by atoms with Crippen molar-refractivity contribution in [2.45, 2.75) is 17.2 Å². The van der Waals surface area contributed by atoms with Crippen LogP contribution in [0.15, 0.2) is 50.2 Å². The SMILES string of the molecule is NCc1ccc(CS(=O)c2ccccc2Br)o1. The highest BCUT2D eigenvalue weighted by Gasteiger charge is 2.10. The van der Waals surface area contributed by atoms with Gasteiger partial charge in [0.05, 0.1) is 28.0 Å². The van der Waals surface area contributed by atoms with E-state index < -0.39 is 10.8 Å². The topological polar surface area (TPSA) is 56.2 Å². The van der Waals surface area contributed by atoms with E-state index in [1.54, 1.807) is 0 Å². The standard InChI is InChI=1S/C12H12BrNO2S/c13-11-3-1-2-4-12(11)17(15)8-10-6-5-9(7-14)16-10/h1-6H,7-8,14H2. The van der Waals surface area contributed by atoms with Gasteiger partial charge in [-0.2, -0.15) is 0 Å². The van der Waals surface area contributed by atoms with Crippen molar-refractivity contribution in [3.8, 4) is 0 Å². The molecule has 0 amide bonds. The van der Waals surface area contributed by atoms with Crippen LogP contribution in [0.5, 0.6) is 0 Å². The lowest BCUT2D eigenvalue weighted by Crippen LogP contribution is -1.97. The summed E-state index contributed by atoms with van der Waals surface area (Å²) in [5.74, 6) is 1.77. The van der Waals surface area contributed by atoms with Crippen LogP contribution in [0.2, 0.25) is 0 Å². The molecule has 0 saturated carbocycles. The Morgan fingerprint density at radius 3 is 2.53 bits per heavy atom. The van der Waals surface area contributed by atoms with Gasteiger partial charge in [0.25, 0.3) is 0 Å². The highest BCUT2D eigenvalue weighted by molar-refractivity contribution is 9.10. The molecular weight excluding hydrogens is 302 g/mol. The Labute approximate surface area is 111 Å². The summed E-state index contributed by atoms with van der Waals surface area (Å²) in [5, 5.41) is 0. The van der Waals surface area contributed by atoms with E-state index in [1.165, 1.54) is 0 Å². The van der Waals surface area contributed by atoms with Gasteiger partial charge >= 0.3 is 0 Å². The van der Waals surface area contributed by atoms with Crippen LogP contribution in [0.4, 0.5) is 0 Å². The first-order valence-corrected chi connectivity index (χ1v) is 7.22. The molecule has 0 aliphatic rings. The Morgan fingerprint density at radius 2 is 1.88 bits per heavy atom. The summed E-state index contributed by atoms with van der Waals surface area (Å²) in [5.41, 5.74) is 5.45. The molecule has 0 saturated heterocycles. The van der Waals surface area contributed by atoms with Crippen molar-refractivity contribution >= 4 is 26.7 Å². The number of nitrogens with two attached hydrogens (primary N) is 1. The molecule has 1 unspecified atom stereocenters. The molecule has 90 valence electrons. The fourth-order valence-electron chi connectivity index (χ4n) is 1.45. The molecule has 1 atom stereocenters. The largest absolute Gasteiger partial charge is 0.464 e. The molecule has 1 aromatic heterocycles. The van der Waals surface area contributed by atoms with Crippen LogP contribution in [0.25, 0.3) is 0 Å². The zero-order chi connectivity index (χ0) is 12.3. The third-order valence-corrected chi connectivity index (χ3v) is 4.62. The van der Waals surface area contributed by atoms with Gasteiger partial charge in [-0.15, -0.1) is 0 Å². The number of benzene rings is 1. The van der Waals surface area contributed by atoms with Gasteiger partial charge in [0.2, 0.25) is 0 Å². The molecule has 1 heterocycles. The second kappa shape index (κ2) is 5.62.